The smallest absolute Gasteiger partial charge is 0.309 e. The molecule has 1 heterocycles. The van der Waals surface area contributed by atoms with Crippen molar-refractivity contribution in [3.63, 3.8) is 0 Å². The van der Waals surface area contributed by atoms with E-state index in [1.807, 2.05) is 6.92 Å². The van der Waals surface area contributed by atoms with Gasteiger partial charge in [-0.3, -0.25) is 0 Å². The fourth-order valence-electron chi connectivity index (χ4n) is 1.39. The molecule has 1 aromatic carbocycles. The van der Waals surface area contributed by atoms with Crippen LogP contribution in [-0.2, 0) is 10.0 Å². The van der Waals surface area contributed by atoms with E-state index in [4.69, 9.17) is 4.42 Å². The predicted octanol–water partition coefficient (Wildman–Crippen LogP) is 2.85. The lowest BCUT2D eigenvalue weighted by Crippen LogP contribution is -2.13. The van der Waals surface area contributed by atoms with E-state index in [1.54, 1.807) is 19.1 Å². The van der Waals surface area contributed by atoms with Crippen molar-refractivity contribution in [1.29, 1.82) is 0 Å². The topological polar surface area (TPSA) is 72.2 Å². The molecule has 0 fully saturated rings. The van der Waals surface area contributed by atoms with E-state index in [0.717, 1.165) is 5.56 Å². The Morgan fingerprint density at radius 3 is 2.61 bits per heavy atom. The Bertz CT molecular complexity index is 679. The molecule has 96 valence electrons. The SMILES string of the molecule is Cc1ccc(S(=O)(=O)Nc2nc(C)co2)c(Br)c1. The number of anilines is 1. The molecule has 0 saturated carbocycles. The van der Waals surface area contributed by atoms with Crippen LogP contribution in [0.2, 0.25) is 0 Å². The van der Waals surface area contributed by atoms with E-state index < -0.39 is 10.0 Å². The van der Waals surface area contributed by atoms with E-state index in [2.05, 4.69) is 25.6 Å². The van der Waals surface area contributed by atoms with E-state index >= 15 is 0 Å². The van der Waals surface area contributed by atoms with Gasteiger partial charge in [-0.05, 0) is 47.5 Å². The van der Waals surface area contributed by atoms with Crippen molar-refractivity contribution in [3.8, 4) is 0 Å². The molecule has 2 aromatic rings. The van der Waals surface area contributed by atoms with Crippen LogP contribution in [0.1, 0.15) is 11.3 Å². The third kappa shape index (κ3) is 2.73. The van der Waals surface area contributed by atoms with Gasteiger partial charge >= 0.3 is 6.01 Å². The van der Waals surface area contributed by atoms with Crippen molar-refractivity contribution >= 4 is 32.0 Å². The van der Waals surface area contributed by atoms with Gasteiger partial charge in [-0.1, -0.05) is 6.07 Å². The van der Waals surface area contributed by atoms with Crippen LogP contribution in [0.4, 0.5) is 6.01 Å². The Kier molecular flexibility index (Phi) is 3.45. The molecule has 5 nitrogen and oxygen atoms in total. The highest BCUT2D eigenvalue weighted by Crippen LogP contribution is 2.24. The van der Waals surface area contributed by atoms with Gasteiger partial charge in [-0.15, -0.1) is 0 Å². The molecule has 0 bridgehead atoms. The second-order valence-electron chi connectivity index (χ2n) is 3.83. The Labute approximate surface area is 113 Å². The van der Waals surface area contributed by atoms with Gasteiger partial charge in [-0.2, -0.15) is 4.98 Å². The first-order valence-electron chi connectivity index (χ1n) is 5.09. The zero-order valence-corrected chi connectivity index (χ0v) is 12.2. The van der Waals surface area contributed by atoms with Gasteiger partial charge in [0.2, 0.25) is 0 Å². The van der Waals surface area contributed by atoms with Gasteiger partial charge in [0.15, 0.2) is 0 Å². The molecule has 0 unspecified atom stereocenters. The van der Waals surface area contributed by atoms with Crippen LogP contribution in [0.25, 0.3) is 0 Å². The number of sulfonamides is 1. The van der Waals surface area contributed by atoms with E-state index in [0.29, 0.717) is 10.2 Å². The Hall–Kier alpha value is -1.34. The van der Waals surface area contributed by atoms with Crippen LogP contribution in [-0.4, -0.2) is 13.4 Å². The summed E-state index contributed by atoms with van der Waals surface area (Å²) >= 11 is 3.23. The lowest BCUT2D eigenvalue weighted by Gasteiger charge is -2.07. The summed E-state index contributed by atoms with van der Waals surface area (Å²) in [6, 6.07) is 4.94. The molecule has 1 N–H and O–H groups in total. The van der Waals surface area contributed by atoms with E-state index in [9.17, 15) is 8.42 Å². The lowest BCUT2D eigenvalue weighted by molar-refractivity contribution is 0.569. The quantitative estimate of drug-likeness (QED) is 0.939. The number of aromatic nitrogens is 1. The highest BCUT2D eigenvalue weighted by atomic mass is 79.9. The Balaban J connectivity index is 2.36. The molecule has 0 amide bonds. The van der Waals surface area contributed by atoms with Crippen LogP contribution >= 0.6 is 15.9 Å². The molecule has 0 radical (unpaired) electrons. The molecule has 0 atom stereocenters. The molecular weight excluding hydrogens is 320 g/mol. The summed E-state index contributed by atoms with van der Waals surface area (Å²) in [6.45, 7) is 3.59. The Morgan fingerprint density at radius 2 is 2.06 bits per heavy atom. The summed E-state index contributed by atoms with van der Waals surface area (Å²) < 4.78 is 32.0. The molecule has 0 spiro atoms. The highest BCUT2D eigenvalue weighted by molar-refractivity contribution is 9.10. The first-order chi connectivity index (χ1) is 8.38. The normalized spacial score (nSPS) is 11.5. The largest absolute Gasteiger partial charge is 0.431 e. The zero-order valence-electron chi connectivity index (χ0n) is 9.77. The standard InChI is InChI=1S/C11H11BrN2O3S/c1-7-3-4-10(9(12)5-7)18(15,16)14-11-13-8(2)6-17-11/h3-6H,1-2H3,(H,13,14). The van der Waals surface area contributed by atoms with Gasteiger partial charge in [0.25, 0.3) is 10.0 Å². The summed E-state index contributed by atoms with van der Waals surface area (Å²) in [5.41, 5.74) is 1.57. The average molecular weight is 331 g/mol. The molecule has 2 rings (SSSR count). The molecular formula is C11H11BrN2O3S. The van der Waals surface area contributed by atoms with Crippen LogP contribution < -0.4 is 4.72 Å². The monoisotopic (exact) mass is 330 g/mol. The molecule has 18 heavy (non-hydrogen) atoms. The number of aryl methyl sites for hydroxylation is 2. The summed E-state index contributed by atoms with van der Waals surface area (Å²) in [7, 11) is -3.70. The number of hydrogen-bond acceptors (Lipinski definition) is 4. The number of nitrogens with one attached hydrogen (secondary N) is 1. The third-order valence-corrected chi connectivity index (χ3v) is 4.51. The molecule has 1 aromatic heterocycles. The minimum atomic E-state index is -3.70. The fourth-order valence-corrected chi connectivity index (χ4v) is 3.52. The van der Waals surface area contributed by atoms with E-state index in [-0.39, 0.29) is 10.9 Å². The number of hydrogen-bond donors (Lipinski definition) is 1. The summed E-state index contributed by atoms with van der Waals surface area (Å²) in [4.78, 5) is 4.04. The van der Waals surface area contributed by atoms with Gasteiger partial charge < -0.3 is 4.42 Å². The average Bonchev–Trinajstić information content (AvgIpc) is 2.62. The third-order valence-electron chi connectivity index (χ3n) is 2.22. The number of nitrogens with zero attached hydrogens (tertiary/aromatic N) is 1. The molecule has 7 heteroatoms. The maximum atomic E-state index is 12.1. The van der Waals surface area contributed by atoms with Crippen molar-refractivity contribution in [1.82, 2.24) is 4.98 Å². The van der Waals surface area contributed by atoms with Crippen LogP contribution in [0.3, 0.4) is 0 Å². The fraction of sp³-hybridized carbons (Fsp3) is 0.182. The summed E-state index contributed by atoms with van der Waals surface area (Å²) in [6.07, 6.45) is 1.38. The second-order valence-corrected chi connectivity index (χ2v) is 6.34. The molecule has 0 aliphatic heterocycles. The zero-order chi connectivity index (χ0) is 13.3. The molecule has 0 saturated heterocycles. The minimum absolute atomic E-state index is 0.0417. The van der Waals surface area contributed by atoms with Crippen molar-refractivity contribution in [2.24, 2.45) is 0 Å². The summed E-state index contributed by atoms with van der Waals surface area (Å²) in [5, 5.41) is 0. The minimum Gasteiger partial charge on any atom is -0.431 e. The van der Waals surface area contributed by atoms with Gasteiger partial charge in [0.1, 0.15) is 11.2 Å². The van der Waals surface area contributed by atoms with Crippen molar-refractivity contribution < 1.29 is 12.8 Å². The highest BCUT2D eigenvalue weighted by Gasteiger charge is 2.19. The maximum Gasteiger partial charge on any atom is 0.309 e. The first kappa shape index (κ1) is 13.1. The van der Waals surface area contributed by atoms with Crippen LogP contribution in [0.5, 0.6) is 0 Å². The van der Waals surface area contributed by atoms with Crippen LogP contribution in [0.15, 0.2) is 38.2 Å². The summed E-state index contributed by atoms with van der Waals surface area (Å²) in [5.74, 6) is 0. The lowest BCUT2D eigenvalue weighted by atomic mass is 10.2. The van der Waals surface area contributed by atoms with Gasteiger partial charge in [-0.25, -0.2) is 13.1 Å². The van der Waals surface area contributed by atoms with Crippen molar-refractivity contribution in [3.05, 3.63) is 40.2 Å². The number of halogens is 1. The van der Waals surface area contributed by atoms with Crippen molar-refractivity contribution in [2.75, 3.05) is 4.72 Å². The number of rotatable bonds is 3. The van der Waals surface area contributed by atoms with E-state index in [1.165, 1.54) is 12.3 Å². The first-order valence-corrected chi connectivity index (χ1v) is 7.37. The van der Waals surface area contributed by atoms with Gasteiger partial charge in [0.05, 0.1) is 5.69 Å². The second kappa shape index (κ2) is 4.74. The molecule has 0 aliphatic rings. The van der Waals surface area contributed by atoms with Gasteiger partial charge in [0, 0.05) is 4.47 Å². The van der Waals surface area contributed by atoms with Crippen molar-refractivity contribution in [2.45, 2.75) is 18.7 Å². The number of benzene rings is 1. The number of oxazole rings is 1. The van der Waals surface area contributed by atoms with Crippen LogP contribution in [0, 0.1) is 13.8 Å². The maximum absolute atomic E-state index is 12.1. The molecule has 0 aliphatic carbocycles. The Morgan fingerprint density at radius 1 is 1.33 bits per heavy atom. The predicted molar refractivity (Wildman–Crippen MR) is 70.9 cm³/mol.